The van der Waals surface area contributed by atoms with E-state index in [1.165, 1.54) is 34.9 Å². The second kappa shape index (κ2) is 12.7. The molecule has 6 aliphatic rings. The van der Waals surface area contributed by atoms with Crippen LogP contribution in [0.25, 0.3) is 10.9 Å². The highest BCUT2D eigenvalue weighted by atomic mass is 16.5. The summed E-state index contributed by atoms with van der Waals surface area (Å²) >= 11 is 0. The lowest BCUT2D eigenvalue weighted by molar-refractivity contribution is -0.137. The zero-order valence-electron chi connectivity index (χ0n) is 29.6. The average Bonchev–Trinajstić information content (AvgIpc) is 3.70. The van der Waals surface area contributed by atoms with Crippen molar-refractivity contribution in [1.82, 2.24) is 14.8 Å². The lowest BCUT2D eigenvalue weighted by Gasteiger charge is -2.56. The molecule has 3 N–H and O–H groups in total. The van der Waals surface area contributed by atoms with Gasteiger partial charge in [0.15, 0.2) is 11.5 Å². The zero-order valence-corrected chi connectivity index (χ0v) is 29.6. The number of likely N-dealkylation sites (tertiary alicyclic amines) is 1. The Morgan fingerprint density at radius 2 is 2.00 bits per heavy atom. The van der Waals surface area contributed by atoms with E-state index in [1.807, 2.05) is 24.3 Å². The number of hydrogen-bond acceptors (Lipinski definition) is 9. The largest absolute Gasteiger partial charge is 0.504 e. The predicted molar refractivity (Wildman–Crippen MR) is 189 cm³/mol. The van der Waals surface area contributed by atoms with E-state index in [9.17, 15) is 15.0 Å². The molecule has 5 heterocycles. The highest BCUT2D eigenvalue weighted by Crippen LogP contribution is 2.62. The molecular weight excluding hydrogens is 634 g/mol. The van der Waals surface area contributed by atoms with E-state index in [1.54, 1.807) is 26.5 Å². The predicted octanol–water partition coefficient (Wildman–Crippen LogP) is 5.02. The van der Waals surface area contributed by atoms with Crippen molar-refractivity contribution < 1.29 is 34.0 Å². The van der Waals surface area contributed by atoms with Gasteiger partial charge in [-0.15, -0.1) is 0 Å². The molecule has 2 aromatic carbocycles. The van der Waals surface area contributed by atoms with E-state index in [0.717, 1.165) is 63.0 Å². The molecule has 2 bridgehead atoms. The van der Waals surface area contributed by atoms with E-state index in [-0.39, 0.29) is 35.2 Å². The Labute approximate surface area is 293 Å². The van der Waals surface area contributed by atoms with E-state index >= 15 is 0 Å². The lowest BCUT2D eigenvalue weighted by Crippen LogP contribution is -2.64. The Hall–Kier alpha value is -3.99. The summed E-state index contributed by atoms with van der Waals surface area (Å²) in [5.41, 5.74) is 6.66. The maximum atomic E-state index is 12.5. The van der Waals surface area contributed by atoms with Crippen LogP contribution in [0.5, 0.6) is 17.2 Å². The van der Waals surface area contributed by atoms with Crippen molar-refractivity contribution >= 4 is 16.9 Å². The number of likely N-dealkylation sites (N-methyl/N-ethyl adjacent to an activating group) is 1. The molecule has 10 nitrogen and oxygen atoms in total. The van der Waals surface area contributed by atoms with Crippen LogP contribution in [0.15, 0.2) is 54.3 Å². The Morgan fingerprint density at radius 1 is 1.16 bits per heavy atom. The molecule has 266 valence electrons. The standard InChI is InChI=1S/C23H30N2O4.C17H19NO3/c1-5-14-12-25-10-9-15-21-18(7-6-8-20(21)28-3)24-22(15)19(25)11-16(14)17(13-27-2)23(26)29-4;1-18-7-6-17-10-3-5-13(20)16(17)21-15-12(19)4-2-9(14(15)17)8-11(10)18/h6-8,13-14,16,19,24H,5,9-12H2,1-4H3;2-5,10-11,13,16,19-20H,6-8H2,1H3/b17-13+;/t14-,16+,19+;10-,11+,13-,16-,17-/m10/s1. The number of aliphatic hydroxyl groups is 1. The number of carbonyl (C=O) groups excluding carboxylic acids is 1. The molecule has 2 aliphatic carbocycles. The smallest absolute Gasteiger partial charge is 0.337 e. The summed E-state index contributed by atoms with van der Waals surface area (Å²) in [4.78, 5) is 21.2. The minimum atomic E-state index is -0.594. The molecule has 3 aromatic rings. The molecule has 8 atom stereocenters. The normalized spacial score (nSPS) is 32.2. The Kier molecular flexibility index (Phi) is 8.39. The maximum absolute atomic E-state index is 12.5. The summed E-state index contributed by atoms with van der Waals surface area (Å²) in [6.07, 6.45) is 9.64. The fourth-order valence-corrected chi connectivity index (χ4v) is 10.5. The average molecular weight is 684 g/mol. The van der Waals surface area contributed by atoms with Gasteiger partial charge in [-0.1, -0.05) is 37.6 Å². The minimum absolute atomic E-state index is 0.105. The van der Waals surface area contributed by atoms with Crippen LogP contribution < -0.4 is 9.47 Å². The number of ether oxygens (including phenoxy) is 4. The second-order valence-electron chi connectivity index (χ2n) is 14.9. The number of nitrogens with one attached hydrogen (secondary N) is 1. The van der Waals surface area contributed by atoms with Gasteiger partial charge in [0.2, 0.25) is 0 Å². The number of hydrogen-bond donors (Lipinski definition) is 3. The number of aromatic amines is 1. The second-order valence-corrected chi connectivity index (χ2v) is 14.9. The lowest BCUT2D eigenvalue weighted by atomic mass is 9.53. The molecule has 1 spiro atoms. The van der Waals surface area contributed by atoms with Gasteiger partial charge in [0.05, 0.1) is 39.2 Å². The van der Waals surface area contributed by atoms with Gasteiger partial charge in [0.1, 0.15) is 18.0 Å². The molecule has 1 aromatic heterocycles. The molecule has 0 saturated carbocycles. The molecule has 0 unspecified atom stereocenters. The summed E-state index contributed by atoms with van der Waals surface area (Å²) in [7, 11) is 6.93. The van der Waals surface area contributed by atoms with Crippen LogP contribution in [0.3, 0.4) is 0 Å². The van der Waals surface area contributed by atoms with Gasteiger partial charge in [0.25, 0.3) is 0 Å². The third kappa shape index (κ3) is 4.82. The van der Waals surface area contributed by atoms with Crippen molar-refractivity contribution in [3.8, 4) is 17.2 Å². The number of phenolic OH excluding ortho intramolecular Hbond substituents is 1. The van der Waals surface area contributed by atoms with Crippen LogP contribution >= 0.6 is 0 Å². The van der Waals surface area contributed by atoms with Gasteiger partial charge < -0.3 is 39.0 Å². The topological polar surface area (TPSA) is 117 Å². The summed E-state index contributed by atoms with van der Waals surface area (Å²) in [5, 5.41) is 21.8. The van der Waals surface area contributed by atoms with E-state index in [2.05, 4.69) is 40.9 Å². The van der Waals surface area contributed by atoms with Crippen molar-refractivity contribution in [3.05, 3.63) is 76.7 Å². The number of aromatic nitrogens is 1. The third-order valence-corrected chi connectivity index (χ3v) is 12.8. The Morgan fingerprint density at radius 3 is 2.76 bits per heavy atom. The summed E-state index contributed by atoms with van der Waals surface area (Å²) in [5.74, 6) is 2.31. The molecule has 2 saturated heterocycles. The summed E-state index contributed by atoms with van der Waals surface area (Å²) in [6.45, 7) is 5.20. The molecule has 10 heteroatoms. The van der Waals surface area contributed by atoms with Crippen LogP contribution in [0.1, 0.15) is 54.6 Å². The van der Waals surface area contributed by atoms with Crippen molar-refractivity contribution in [3.63, 3.8) is 0 Å². The number of rotatable bonds is 5. The van der Waals surface area contributed by atoms with Crippen molar-refractivity contribution in [1.29, 1.82) is 0 Å². The Bertz CT molecular complexity index is 1870. The number of aliphatic hydroxyl groups excluding tert-OH is 1. The van der Waals surface area contributed by atoms with Crippen molar-refractivity contribution in [2.75, 3.05) is 48.0 Å². The van der Waals surface area contributed by atoms with Gasteiger partial charge in [0, 0.05) is 52.6 Å². The number of phenols is 1. The fraction of sp³-hybridized carbons (Fsp3) is 0.525. The highest BCUT2D eigenvalue weighted by molar-refractivity contribution is 5.91. The van der Waals surface area contributed by atoms with E-state index in [0.29, 0.717) is 29.2 Å². The number of H-pyrrole nitrogens is 1. The molecule has 0 radical (unpaired) electrons. The van der Waals surface area contributed by atoms with Crippen molar-refractivity contribution in [2.24, 2.45) is 17.8 Å². The molecule has 4 aliphatic heterocycles. The van der Waals surface area contributed by atoms with E-state index in [4.69, 9.17) is 18.9 Å². The Balaban J connectivity index is 0.000000151. The van der Waals surface area contributed by atoms with Crippen LogP contribution in [0, 0.1) is 17.8 Å². The number of methoxy groups -OCH3 is 3. The first kappa shape index (κ1) is 33.2. The minimum Gasteiger partial charge on any atom is -0.504 e. The van der Waals surface area contributed by atoms with Gasteiger partial charge in [-0.05, 0) is 80.4 Å². The maximum Gasteiger partial charge on any atom is 0.337 e. The monoisotopic (exact) mass is 683 g/mol. The van der Waals surface area contributed by atoms with Crippen LogP contribution in [-0.2, 0) is 32.5 Å². The van der Waals surface area contributed by atoms with Gasteiger partial charge in [-0.3, -0.25) is 4.90 Å². The summed E-state index contributed by atoms with van der Waals surface area (Å²) < 4.78 is 22.1. The number of carbonyl (C=O) groups is 1. The highest BCUT2D eigenvalue weighted by Gasteiger charge is 2.64. The molecule has 2 fully saturated rings. The number of esters is 1. The fourth-order valence-electron chi connectivity index (χ4n) is 10.5. The van der Waals surface area contributed by atoms with Crippen LogP contribution in [-0.4, -0.2) is 97.2 Å². The van der Waals surface area contributed by atoms with E-state index < -0.39 is 6.10 Å². The first-order valence-corrected chi connectivity index (χ1v) is 18.1. The van der Waals surface area contributed by atoms with Gasteiger partial charge in [-0.25, -0.2) is 4.79 Å². The molecule has 50 heavy (non-hydrogen) atoms. The van der Waals surface area contributed by atoms with Crippen LogP contribution in [0.2, 0.25) is 0 Å². The summed E-state index contributed by atoms with van der Waals surface area (Å²) in [6, 6.07) is 10.6. The SMILES string of the molecule is CC[C@@H]1CN2CCc3c([nH]c4cccc(OC)c34)[C@@H]2C[C@@H]1/C(=C\OC)C(=O)OC.CN1CC[C@]23c4c5ccc(O)c4O[C@H]2[C@@H](O)C=C[C@H]3[C@H]1C5. The number of aromatic hydroxyl groups is 1. The van der Waals surface area contributed by atoms with Crippen LogP contribution in [0.4, 0.5) is 0 Å². The molecular formula is C40H49N3O7. The molecule has 0 amide bonds. The molecule has 9 rings (SSSR count). The van der Waals surface area contributed by atoms with Crippen molar-refractivity contribution in [2.45, 2.75) is 68.7 Å². The first-order chi connectivity index (χ1) is 24.2. The number of piperidine rings is 2. The van der Waals surface area contributed by atoms with Gasteiger partial charge >= 0.3 is 5.97 Å². The number of nitrogens with zero attached hydrogens (tertiary/aromatic N) is 2. The zero-order chi connectivity index (χ0) is 34.9. The first-order valence-electron chi connectivity index (χ1n) is 18.1. The number of fused-ring (bicyclic) bond motifs is 5. The quantitative estimate of drug-likeness (QED) is 0.148. The number of benzene rings is 2. The third-order valence-electron chi connectivity index (χ3n) is 12.8. The van der Waals surface area contributed by atoms with Gasteiger partial charge in [-0.2, -0.15) is 0 Å².